The van der Waals surface area contributed by atoms with E-state index in [1.54, 1.807) is 24.7 Å². The van der Waals surface area contributed by atoms with Crippen LogP contribution in [0.1, 0.15) is 5.56 Å². The molecule has 0 bridgehead atoms. The Morgan fingerprint density at radius 1 is 1.00 bits per heavy atom. The van der Waals surface area contributed by atoms with E-state index in [4.69, 9.17) is 0 Å². The summed E-state index contributed by atoms with van der Waals surface area (Å²) in [5.74, 6) is 0. The quantitative estimate of drug-likeness (QED) is 0.725. The molecule has 0 atom stereocenters. The number of carbonyl (C=O) groups excluding carboxylic acids is 2. The molecule has 0 saturated carbocycles. The van der Waals surface area contributed by atoms with Crippen molar-refractivity contribution in [2.75, 3.05) is 0 Å². The Balaban J connectivity index is 1.85. The van der Waals surface area contributed by atoms with Crippen LogP contribution in [0.3, 0.4) is 0 Å². The monoisotopic (exact) mass is 333 g/mol. The Hall–Kier alpha value is -2.99. The molecule has 0 spiro atoms. The molecule has 24 heavy (non-hydrogen) atoms. The van der Waals surface area contributed by atoms with E-state index in [2.05, 4.69) is 15.3 Å². The molecule has 1 aromatic carbocycles. The van der Waals surface area contributed by atoms with Crippen molar-refractivity contribution < 1.29 is 9.59 Å². The number of hydrogen-bond donors (Lipinski definition) is 1. The van der Waals surface area contributed by atoms with Crippen molar-refractivity contribution in [3.63, 3.8) is 0 Å². The fraction of sp³-hybridized carbons (Fsp3) is 0. The van der Waals surface area contributed by atoms with E-state index >= 15 is 0 Å². The highest BCUT2D eigenvalue weighted by molar-refractivity contribution is 8.27. The predicted molar refractivity (Wildman–Crippen MR) is 94.1 cm³/mol. The van der Waals surface area contributed by atoms with E-state index in [0.717, 1.165) is 27.6 Å². The highest BCUT2D eigenvalue weighted by Gasteiger charge is 2.25. The molecule has 3 heterocycles. The standard InChI is InChI=1S/C18H11N3O2S/c22-17-16(21-18(23)24-17)10-11-1-2-15-14(9-11)13(5-8-20-15)12-3-6-19-7-4-12/h1-10H,(H,21,23)/b16-10-. The average Bonchev–Trinajstić information content (AvgIpc) is 2.92. The molecule has 1 aliphatic rings. The number of nitrogens with one attached hydrogen (secondary N) is 1. The van der Waals surface area contributed by atoms with Crippen LogP contribution < -0.4 is 5.32 Å². The van der Waals surface area contributed by atoms with Crippen LogP contribution in [0.4, 0.5) is 4.79 Å². The van der Waals surface area contributed by atoms with E-state index in [-0.39, 0.29) is 10.4 Å². The first kappa shape index (κ1) is 14.6. The van der Waals surface area contributed by atoms with Crippen LogP contribution >= 0.6 is 11.8 Å². The third-order valence-electron chi connectivity index (χ3n) is 3.71. The lowest BCUT2D eigenvalue weighted by atomic mass is 10.0. The maximum absolute atomic E-state index is 11.7. The van der Waals surface area contributed by atoms with Crippen LogP contribution in [0, 0.1) is 0 Å². The van der Waals surface area contributed by atoms with Gasteiger partial charge in [-0.1, -0.05) is 6.07 Å². The highest BCUT2D eigenvalue weighted by Crippen LogP contribution is 2.29. The number of hydrogen-bond acceptors (Lipinski definition) is 5. The first-order valence-electron chi connectivity index (χ1n) is 7.25. The van der Waals surface area contributed by atoms with Crippen molar-refractivity contribution in [3.05, 3.63) is 66.2 Å². The Morgan fingerprint density at radius 3 is 2.58 bits per heavy atom. The fourth-order valence-electron chi connectivity index (χ4n) is 2.62. The molecule has 1 fully saturated rings. The van der Waals surface area contributed by atoms with Gasteiger partial charge in [0.15, 0.2) is 0 Å². The molecule has 0 unspecified atom stereocenters. The summed E-state index contributed by atoms with van der Waals surface area (Å²) in [6, 6.07) is 11.6. The summed E-state index contributed by atoms with van der Waals surface area (Å²) in [6.07, 6.45) is 6.95. The van der Waals surface area contributed by atoms with Gasteiger partial charge in [-0.15, -0.1) is 0 Å². The molecule has 1 aliphatic heterocycles. The van der Waals surface area contributed by atoms with E-state index in [0.29, 0.717) is 17.5 Å². The minimum Gasteiger partial charge on any atom is -0.313 e. The molecule has 3 aromatic rings. The molecular formula is C18H11N3O2S. The first-order chi connectivity index (χ1) is 11.7. The van der Waals surface area contributed by atoms with Crippen LogP contribution in [0.25, 0.3) is 28.1 Å². The van der Waals surface area contributed by atoms with Gasteiger partial charge < -0.3 is 5.32 Å². The van der Waals surface area contributed by atoms with Crippen LogP contribution in [-0.2, 0) is 4.79 Å². The molecular weight excluding hydrogens is 322 g/mol. The normalized spacial score (nSPS) is 15.9. The number of fused-ring (bicyclic) bond motifs is 1. The second kappa shape index (κ2) is 5.90. The number of pyridine rings is 2. The number of carbonyl (C=O) groups is 2. The molecule has 6 heteroatoms. The number of aromatic nitrogens is 2. The van der Waals surface area contributed by atoms with Gasteiger partial charge in [0.1, 0.15) is 0 Å². The summed E-state index contributed by atoms with van der Waals surface area (Å²) >= 11 is 0.675. The van der Waals surface area contributed by atoms with Crippen LogP contribution in [0.15, 0.2) is 60.7 Å². The Labute approximate surface area is 141 Å². The van der Waals surface area contributed by atoms with E-state index in [9.17, 15) is 9.59 Å². The van der Waals surface area contributed by atoms with Gasteiger partial charge in [0.25, 0.3) is 5.24 Å². The number of thioether (sulfide) groups is 1. The van der Waals surface area contributed by atoms with Crippen molar-refractivity contribution in [3.8, 4) is 11.1 Å². The minimum atomic E-state index is -0.341. The third-order valence-corrected chi connectivity index (χ3v) is 4.40. The molecule has 2 aromatic heterocycles. The van der Waals surface area contributed by atoms with Gasteiger partial charge in [-0.2, -0.15) is 0 Å². The average molecular weight is 333 g/mol. The summed E-state index contributed by atoms with van der Waals surface area (Å²) < 4.78 is 0. The molecule has 4 rings (SSSR count). The molecule has 1 N–H and O–H groups in total. The SMILES string of the molecule is O=C1N/C(=C\c2ccc3nccc(-c4ccncc4)c3c2)C(=O)S1. The summed E-state index contributed by atoms with van der Waals surface area (Å²) in [7, 11) is 0. The van der Waals surface area contributed by atoms with E-state index in [1.807, 2.05) is 36.4 Å². The predicted octanol–water partition coefficient (Wildman–Crippen LogP) is 3.62. The van der Waals surface area contributed by atoms with Gasteiger partial charge in [0.2, 0.25) is 5.12 Å². The largest absolute Gasteiger partial charge is 0.313 e. The van der Waals surface area contributed by atoms with Gasteiger partial charge in [-0.05, 0) is 53.1 Å². The number of benzene rings is 1. The maximum Gasteiger partial charge on any atom is 0.291 e. The smallest absolute Gasteiger partial charge is 0.291 e. The van der Waals surface area contributed by atoms with Gasteiger partial charge in [0, 0.05) is 35.7 Å². The molecule has 1 amide bonds. The van der Waals surface area contributed by atoms with Crippen molar-refractivity contribution in [2.24, 2.45) is 0 Å². The summed E-state index contributed by atoms with van der Waals surface area (Å²) in [4.78, 5) is 31.5. The maximum atomic E-state index is 11.7. The molecule has 1 saturated heterocycles. The van der Waals surface area contributed by atoms with Gasteiger partial charge in [-0.3, -0.25) is 19.6 Å². The Kier molecular flexibility index (Phi) is 3.59. The second-order valence-electron chi connectivity index (χ2n) is 5.23. The summed E-state index contributed by atoms with van der Waals surface area (Å²) in [5.41, 5.74) is 4.08. The first-order valence-corrected chi connectivity index (χ1v) is 8.06. The van der Waals surface area contributed by atoms with Gasteiger partial charge >= 0.3 is 0 Å². The number of rotatable bonds is 2. The lowest BCUT2D eigenvalue weighted by Crippen LogP contribution is -2.10. The van der Waals surface area contributed by atoms with Crippen molar-refractivity contribution in [1.29, 1.82) is 0 Å². The zero-order chi connectivity index (χ0) is 16.5. The lowest BCUT2D eigenvalue weighted by Gasteiger charge is -2.07. The van der Waals surface area contributed by atoms with E-state index in [1.165, 1.54) is 0 Å². The Bertz CT molecular complexity index is 1000. The lowest BCUT2D eigenvalue weighted by molar-refractivity contribution is -0.107. The van der Waals surface area contributed by atoms with Crippen molar-refractivity contribution in [1.82, 2.24) is 15.3 Å². The molecule has 116 valence electrons. The molecule has 5 nitrogen and oxygen atoms in total. The second-order valence-corrected chi connectivity index (χ2v) is 6.18. The zero-order valence-electron chi connectivity index (χ0n) is 12.4. The third kappa shape index (κ3) is 2.68. The molecule has 0 aliphatic carbocycles. The van der Waals surface area contributed by atoms with Crippen molar-refractivity contribution >= 4 is 39.1 Å². The van der Waals surface area contributed by atoms with Crippen LogP contribution in [0.5, 0.6) is 0 Å². The summed E-state index contributed by atoms with van der Waals surface area (Å²) in [6.45, 7) is 0. The van der Waals surface area contributed by atoms with E-state index < -0.39 is 0 Å². The number of amides is 1. The van der Waals surface area contributed by atoms with Crippen LogP contribution in [-0.4, -0.2) is 20.3 Å². The summed E-state index contributed by atoms with van der Waals surface area (Å²) in [5, 5.41) is 2.93. The van der Waals surface area contributed by atoms with Crippen molar-refractivity contribution in [2.45, 2.75) is 0 Å². The van der Waals surface area contributed by atoms with Gasteiger partial charge in [0.05, 0.1) is 11.2 Å². The minimum absolute atomic E-state index is 0.263. The topological polar surface area (TPSA) is 72.0 Å². The van der Waals surface area contributed by atoms with Crippen LogP contribution in [0.2, 0.25) is 0 Å². The molecule has 0 radical (unpaired) electrons. The zero-order valence-corrected chi connectivity index (χ0v) is 13.2. The highest BCUT2D eigenvalue weighted by atomic mass is 32.2. The Morgan fingerprint density at radius 2 is 1.83 bits per heavy atom. The fourth-order valence-corrected chi connectivity index (χ4v) is 3.17. The van der Waals surface area contributed by atoms with Gasteiger partial charge in [-0.25, -0.2) is 0 Å². The number of nitrogens with zero attached hydrogens (tertiary/aromatic N) is 2.